The highest BCUT2D eigenvalue weighted by molar-refractivity contribution is 9.10. The van der Waals surface area contributed by atoms with Crippen molar-refractivity contribution in [2.24, 2.45) is 5.41 Å². The number of likely N-dealkylation sites (tertiary alicyclic amines) is 1. The maximum atomic E-state index is 13.0. The van der Waals surface area contributed by atoms with Gasteiger partial charge in [0.05, 0.1) is 6.61 Å². The summed E-state index contributed by atoms with van der Waals surface area (Å²) in [5.74, 6) is -0.522. The molecule has 0 radical (unpaired) electrons. The molecule has 3 rings (SSSR count). The fraction of sp³-hybridized carbons (Fsp3) is 0.667. The van der Waals surface area contributed by atoms with Crippen LogP contribution in [0.5, 0.6) is 5.75 Å². The number of alkyl halides is 3. The zero-order chi connectivity index (χ0) is 25.0. The number of hydrogen-bond acceptors (Lipinski definition) is 4. The summed E-state index contributed by atoms with van der Waals surface area (Å²) in [5, 5.41) is 12.8. The maximum Gasteiger partial charge on any atom is 0.426 e. The Bertz CT molecular complexity index is 843. The summed E-state index contributed by atoms with van der Waals surface area (Å²) in [7, 11) is 0. The van der Waals surface area contributed by atoms with E-state index in [1.54, 1.807) is 0 Å². The molecule has 190 valence electrons. The van der Waals surface area contributed by atoms with Gasteiger partial charge in [-0.05, 0) is 81.5 Å². The first kappa shape index (κ1) is 26.8. The predicted octanol–water partition coefficient (Wildman–Crippen LogP) is 4.59. The molecule has 1 atom stereocenters. The van der Waals surface area contributed by atoms with Crippen LogP contribution in [-0.4, -0.2) is 59.3 Å². The van der Waals surface area contributed by atoms with Gasteiger partial charge in [-0.15, -0.1) is 0 Å². The lowest BCUT2D eigenvalue weighted by Gasteiger charge is -2.47. The van der Waals surface area contributed by atoms with Gasteiger partial charge < -0.3 is 20.1 Å². The largest absolute Gasteiger partial charge is 0.494 e. The molecule has 6 nitrogen and oxygen atoms in total. The number of rotatable bonds is 7. The molecule has 1 aromatic carbocycles. The van der Waals surface area contributed by atoms with E-state index in [-0.39, 0.29) is 30.5 Å². The first-order chi connectivity index (χ1) is 15.9. The third kappa shape index (κ3) is 6.65. The summed E-state index contributed by atoms with van der Waals surface area (Å²) in [4.78, 5) is 25.6. The van der Waals surface area contributed by atoms with Crippen molar-refractivity contribution in [2.75, 3.05) is 19.7 Å². The van der Waals surface area contributed by atoms with Gasteiger partial charge in [-0.1, -0.05) is 15.9 Å². The second kappa shape index (κ2) is 10.8. The Hall–Kier alpha value is -1.81. The summed E-state index contributed by atoms with van der Waals surface area (Å²) in [6.45, 7) is 1.39. The molecule has 1 aromatic rings. The Morgan fingerprint density at radius 1 is 1.15 bits per heavy atom. The van der Waals surface area contributed by atoms with Gasteiger partial charge in [-0.25, -0.2) is 0 Å². The third-order valence-electron chi connectivity index (χ3n) is 7.12. The van der Waals surface area contributed by atoms with Crippen LogP contribution in [-0.2, 0) is 9.59 Å². The van der Waals surface area contributed by atoms with Gasteiger partial charge in [0.1, 0.15) is 5.75 Å². The van der Waals surface area contributed by atoms with E-state index in [9.17, 15) is 27.9 Å². The summed E-state index contributed by atoms with van der Waals surface area (Å²) in [6, 6.07) is 7.61. The van der Waals surface area contributed by atoms with Gasteiger partial charge in [-0.3, -0.25) is 9.59 Å². The number of amides is 2. The highest BCUT2D eigenvalue weighted by Gasteiger charge is 2.57. The van der Waals surface area contributed by atoms with Crippen molar-refractivity contribution in [3.05, 3.63) is 28.7 Å². The molecular formula is C24H32BrF3N2O4. The normalized spacial score (nSPS) is 20.6. The van der Waals surface area contributed by atoms with Crippen molar-refractivity contribution in [1.29, 1.82) is 0 Å². The van der Waals surface area contributed by atoms with Gasteiger partial charge >= 0.3 is 6.18 Å². The van der Waals surface area contributed by atoms with Gasteiger partial charge in [0.15, 0.2) is 0 Å². The topological polar surface area (TPSA) is 78.9 Å². The van der Waals surface area contributed by atoms with Crippen LogP contribution in [0.15, 0.2) is 28.7 Å². The maximum absolute atomic E-state index is 13.0. The minimum Gasteiger partial charge on any atom is -0.494 e. The van der Waals surface area contributed by atoms with Crippen molar-refractivity contribution in [2.45, 2.75) is 76.1 Å². The molecule has 34 heavy (non-hydrogen) atoms. The van der Waals surface area contributed by atoms with E-state index in [1.807, 2.05) is 24.3 Å². The lowest BCUT2D eigenvalue weighted by molar-refractivity contribution is -0.251. The molecule has 1 saturated heterocycles. The van der Waals surface area contributed by atoms with E-state index in [4.69, 9.17) is 4.74 Å². The minimum atomic E-state index is -5.00. The molecule has 0 bridgehead atoms. The fourth-order valence-corrected chi connectivity index (χ4v) is 5.01. The Morgan fingerprint density at radius 3 is 2.29 bits per heavy atom. The van der Waals surface area contributed by atoms with Gasteiger partial charge in [0.25, 0.3) is 5.91 Å². The highest BCUT2D eigenvalue weighted by Crippen LogP contribution is 2.45. The summed E-state index contributed by atoms with van der Waals surface area (Å²) >= 11 is 3.37. The van der Waals surface area contributed by atoms with Crippen molar-refractivity contribution in [1.82, 2.24) is 10.2 Å². The van der Waals surface area contributed by atoms with E-state index in [0.29, 0.717) is 39.2 Å². The SMILES string of the molecule is CC(O)(C(=O)N1CCC2(CCC(NC(=O)CCCOc3ccc(Br)cc3)CC2)CC1)C(F)(F)F. The first-order valence-corrected chi connectivity index (χ1v) is 12.5. The van der Waals surface area contributed by atoms with E-state index in [2.05, 4.69) is 21.2 Å². The van der Waals surface area contributed by atoms with Crippen molar-refractivity contribution in [3.8, 4) is 5.75 Å². The molecular weight excluding hydrogens is 517 g/mol. The molecule has 1 heterocycles. The Morgan fingerprint density at radius 2 is 1.74 bits per heavy atom. The molecule has 10 heteroatoms. The van der Waals surface area contributed by atoms with E-state index in [0.717, 1.165) is 40.8 Å². The van der Waals surface area contributed by atoms with Gasteiger partial charge in [-0.2, -0.15) is 13.2 Å². The molecule has 2 aliphatic rings. The Balaban J connectivity index is 1.35. The number of ether oxygens (including phenoxy) is 1. The Kier molecular flexibility index (Phi) is 8.55. The van der Waals surface area contributed by atoms with Gasteiger partial charge in [0.2, 0.25) is 11.5 Å². The van der Waals surface area contributed by atoms with E-state index in [1.165, 1.54) is 0 Å². The van der Waals surface area contributed by atoms with Crippen molar-refractivity contribution >= 4 is 27.7 Å². The number of nitrogens with zero attached hydrogens (tertiary/aromatic N) is 1. The van der Waals surface area contributed by atoms with Crippen LogP contribution < -0.4 is 10.1 Å². The van der Waals surface area contributed by atoms with Gasteiger partial charge in [0, 0.05) is 30.0 Å². The van der Waals surface area contributed by atoms with Crippen molar-refractivity contribution in [3.63, 3.8) is 0 Å². The summed E-state index contributed by atoms with van der Waals surface area (Å²) in [6.07, 6.45) is 0.579. The molecule has 1 aliphatic heterocycles. The lowest BCUT2D eigenvalue weighted by Crippen LogP contribution is -2.58. The van der Waals surface area contributed by atoms with E-state index >= 15 is 0 Å². The highest BCUT2D eigenvalue weighted by atomic mass is 79.9. The van der Waals surface area contributed by atoms with Crippen LogP contribution in [0, 0.1) is 5.41 Å². The zero-order valence-electron chi connectivity index (χ0n) is 19.3. The van der Waals surface area contributed by atoms with Crippen LogP contribution in [0.3, 0.4) is 0 Å². The molecule has 2 amide bonds. The molecule has 1 unspecified atom stereocenters. The number of carbonyl (C=O) groups excluding carboxylic acids is 2. The predicted molar refractivity (Wildman–Crippen MR) is 124 cm³/mol. The molecule has 1 aliphatic carbocycles. The number of halogens is 4. The molecule has 0 aromatic heterocycles. The standard InChI is InChI=1S/C24H32BrF3N2O4/c1-22(33,24(26,27)28)21(32)30-14-12-23(13-15-30)10-8-18(9-11-23)29-20(31)3-2-16-34-19-6-4-17(25)5-7-19/h4-7,18,33H,2-3,8-16H2,1H3,(H,29,31). The number of carbonyl (C=O) groups is 2. The van der Waals surface area contributed by atoms with Crippen LogP contribution >= 0.6 is 15.9 Å². The van der Waals surface area contributed by atoms with Crippen LogP contribution in [0.25, 0.3) is 0 Å². The summed E-state index contributed by atoms with van der Waals surface area (Å²) < 4.78 is 45.6. The zero-order valence-corrected chi connectivity index (χ0v) is 20.9. The second-order valence-electron chi connectivity index (χ2n) is 9.61. The number of piperidine rings is 1. The monoisotopic (exact) mass is 548 g/mol. The quantitative estimate of drug-likeness (QED) is 0.488. The average molecular weight is 549 g/mol. The first-order valence-electron chi connectivity index (χ1n) is 11.7. The third-order valence-corrected chi connectivity index (χ3v) is 7.65. The smallest absolute Gasteiger partial charge is 0.426 e. The minimum absolute atomic E-state index is 0.00449. The van der Waals surface area contributed by atoms with E-state index < -0.39 is 17.7 Å². The fourth-order valence-electron chi connectivity index (χ4n) is 4.74. The Labute approximate surface area is 206 Å². The summed E-state index contributed by atoms with van der Waals surface area (Å²) in [5.41, 5.74) is -3.37. The molecule has 2 N–H and O–H groups in total. The second-order valence-corrected chi connectivity index (χ2v) is 10.5. The lowest BCUT2D eigenvalue weighted by atomic mass is 9.67. The van der Waals surface area contributed by atoms with Crippen LogP contribution in [0.1, 0.15) is 58.3 Å². The van der Waals surface area contributed by atoms with Crippen LogP contribution in [0.2, 0.25) is 0 Å². The average Bonchev–Trinajstić information content (AvgIpc) is 2.79. The number of nitrogens with one attached hydrogen (secondary N) is 1. The van der Waals surface area contributed by atoms with Crippen LogP contribution in [0.4, 0.5) is 13.2 Å². The molecule has 1 saturated carbocycles. The van der Waals surface area contributed by atoms with Crippen molar-refractivity contribution < 1.29 is 32.6 Å². The number of hydrogen-bond donors (Lipinski definition) is 2. The number of aliphatic hydroxyl groups is 1. The number of benzene rings is 1. The molecule has 2 fully saturated rings. The molecule has 1 spiro atoms.